The number of hydrogen-bond donors (Lipinski definition) is 2. The standard InChI is InChI=1S/C26H25ClN2O5/c1-18(30)34-22-7-4-6-20(16-22)26(32)28-17-19-11-13-21(14-12-19)29-25(31)10-5-15-33-24-9-3-2-8-23(24)27/h2-4,6-9,11-14,16H,5,10,15,17H2,1H3,(H,28,32)(H,29,31). The van der Waals surface area contributed by atoms with Crippen LogP contribution in [0.2, 0.25) is 5.02 Å². The molecule has 0 saturated carbocycles. The second-order valence-electron chi connectivity index (χ2n) is 7.43. The van der Waals surface area contributed by atoms with E-state index in [1.807, 2.05) is 24.3 Å². The van der Waals surface area contributed by atoms with E-state index in [9.17, 15) is 14.4 Å². The lowest BCUT2D eigenvalue weighted by Crippen LogP contribution is -2.22. The average Bonchev–Trinajstić information content (AvgIpc) is 2.82. The Hall–Kier alpha value is -3.84. The van der Waals surface area contributed by atoms with Gasteiger partial charge in [0.15, 0.2) is 0 Å². The SMILES string of the molecule is CC(=O)Oc1cccc(C(=O)NCc2ccc(NC(=O)CCCOc3ccccc3Cl)cc2)c1. The van der Waals surface area contributed by atoms with Crippen LogP contribution in [0.25, 0.3) is 0 Å². The van der Waals surface area contributed by atoms with Crippen LogP contribution >= 0.6 is 11.6 Å². The number of amides is 2. The fraction of sp³-hybridized carbons (Fsp3) is 0.192. The fourth-order valence-corrected chi connectivity index (χ4v) is 3.25. The Bertz CT molecular complexity index is 1150. The van der Waals surface area contributed by atoms with Gasteiger partial charge in [-0.15, -0.1) is 0 Å². The highest BCUT2D eigenvalue weighted by molar-refractivity contribution is 6.32. The van der Waals surface area contributed by atoms with E-state index in [4.69, 9.17) is 21.1 Å². The average molecular weight is 481 g/mol. The fourth-order valence-electron chi connectivity index (χ4n) is 3.06. The Morgan fingerprint density at radius 3 is 2.44 bits per heavy atom. The smallest absolute Gasteiger partial charge is 0.308 e. The first-order valence-corrected chi connectivity index (χ1v) is 11.1. The Labute approximate surface area is 203 Å². The molecule has 0 bridgehead atoms. The highest BCUT2D eigenvalue weighted by Gasteiger charge is 2.08. The van der Waals surface area contributed by atoms with Crippen molar-refractivity contribution < 1.29 is 23.9 Å². The van der Waals surface area contributed by atoms with E-state index in [-0.39, 0.29) is 11.8 Å². The van der Waals surface area contributed by atoms with Crippen LogP contribution in [-0.2, 0) is 16.1 Å². The van der Waals surface area contributed by atoms with Crippen molar-refractivity contribution in [3.05, 3.63) is 88.9 Å². The van der Waals surface area contributed by atoms with Crippen molar-refractivity contribution in [3.63, 3.8) is 0 Å². The molecule has 8 heteroatoms. The van der Waals surface area contributed by atoms with Crippen molar-refractivity contribution >= 4 is 35.1 Å². The van der Waals surface area contributed by atoms with Crippen LogP contribution in [0.3, 0.4) is 0 Å². The van der Waals surface area contributed by atoms with Crippen molar-refractivity contribution in [2.24, 2.45) is 0 Å². The van der Waals surface area contributed by atoms with Gasteiger partial charge in [-0.1, -0.05) is 41.9 Å². The summed E-state index contributed by atoms with van der Waals surface area (Å²) < 4.78 is 10.6. The van der Waals surface area contributed by atoms with Crippen LogP contribution in [0.5, 0.6) is 11.5 Å². The number of anilines is 1. The molecule has 0 aromatic heterocycles. The number of halogens is 1. The summed E-state index contributed by atoms with van der Waals surface area (Å²) in [6, 6.07) is 20.8. The number of hydrogen-bond acceptors (Lipinski definition) is 5. The number of ether oxygens (including phenoxy) is 2. The summed E-state index contributed by atoms with van der Waals surface area (Å²) in [5.74, 6) is 0.0667. The molecule has 3 aromatic carbocycles. The number of benzene rings is 3. The maximum atomic E-state index is 12.4. The molecule has 7 nitrogen and oxygen atoms in total. The number of rotatable bonds is 10. The molecule has 0 atom stereocenters. The van der Waals surface area contributed by atoms with E-state index >= 15 is 0 Å². The van der Waals surface area contributed by atoms with Crippen molar-refractivity contribution in [3.8, 4) is 11.5 Å². The molecular weight excluding hydrogens is 456 g/mol. The molecule has 0 aliphatic carbocycles. The third-order valence-corrected chi connectivity index (χ3v) is 5.00. The first kappa shape index (κ1) is 24.8. The normalized spacial score (nSPS) is 10.3. The first-order valence-electron chi connectivity index (χ1n) is 10.7. The second kappa shape index (κ2) is 12.4. The number of para-hydroxylation sites is 1. The Morgan fingerprint density at radius 1 is 0.941 bits per heavy atom. The molecule has 0 heterocycles. The molecule has 0 aliphatic heterocycles. The Morgan fingerprint density at radius 2 is 1.71 bits per heavy atom. The van der Waals surface area contributed by atoms with E-state index < -0.39 is 5.97 Å². The molecule has 0 spiro atoms. The van der Waals surface area contributed by atoms with Gasteiger partial charge in [-0.3, -0.25) is 14.4 Å². The predicted molar refractivity (Wildman–Crippen MR) is 130 cm³/mol. The summed E-state index contributed by atoms with van der Waals surface area (Å²) in [4.78, 5) is 35.6. The zero-order valence-corrected chi connectivity index (χ0v) is 19.4. The minimum absolute atomic E-state index is 0.114. The highest BCUT2D eigenvalue weighted by atomic mass is 35.5. The van der Waals surface area contributed by atoms with Crippen molar-refractivity contribution in [2.45, 2.75) is 26.3 Å². The maximum Gasteiger partial charge on any atom is 0.308 e. The van der Waals surface area contributed by atoms with Gasteiger partial charge in [0.2, 0.25) is 5.91 Å². The molecular formula is C26H25ClN2O5. The van der Waals surface area contributed by atoms with Gasteiger partial charge < -0.3 is 20.1 Å². The lowest BCUT2D eigenvalue weighted by molar-refractivity contribution is -0.131. The van der Waals surface area contributed by atoms with E-state index in [1.165, 1.54) is 13.0 Å². The van der Waals surface area contributed by atoms with Crippen molar-refractivity contribution in [1.29, 1.82) is 0 Å². The molecule has 34 heavy (non-hydrogen) atoms. The molecule has 176 valence electrons. The van der Waals surface area contributed by atoms with Gasteiger partial charge in [0.1, 0.15) is 11.5 Å². The van der Waals surface area contributed by atoms with Crippen LogP contribution < -0.4 is 20.1 Å². The third kappa shape index (κ3) is 7.94. The van der Waals surface area contributed by atoms with Gasteiger partial charge in [0.05, 0.1) is 11.6 Å². The summed E-state index contributed by atoms with van der Waals surface area (Å²) in [5, 5.41) is 6.20. The van der Waals surface area contributed by atoms with E-state index in [2.05, 4.69) is 10.6 Å². The predicted octanol–water partition coefficient (Wildman–Crippen LogP) is 4.99. The largest absolute Gasteiger partial charge is 0.492 e. The van der Waals surface area contributed by atoms with Gasteiger partial charge in [-0.2, -0.15) is 0 Å². The third-order valence-electron chi connectivity index (χ3n) is 4.69. The monoisotopic (exact) mass is 480 g/mol. The van der Waals surface area contributed by atoms with Gasteiger partial charge in [0, 0.05) is 31.1 Å². The van der Waals surface area contributed by atoms with Crippen molar-refractivity contribution in [2.75, 3.05) is 11.9 Å². The molecule has 3 aromatic rings. The minimum Gasteiger partial charge on any atom is -0.492 e. The Kier molecular flexibility index (Phi) is 9.05. The highest BCUT2D eigenvalue weighted by Crippen LogP contribution is 2.23. The van der Waals surface area contributed by atoms with Gasteiger partial charge >= 0.3 is 5.97 Å². The molecule has 2 amide bonds. The summed E-state index contributed by atoms with van der Waals surface area (Å²) in [6.07, 6.45) is 0.870. The van der Waals surface area contributed by atoms with Crippen LogP contribution in [-0.4, -0.2) is 24.4 Å². The number of esters is 1. The summed E-state index contributed by atoms with van der Waals surface area (Å²) in [6.45, 7) is 2.00. The topological polar surface area (TPSA) is 93.7 Å². The summed E-state index contributed by atoms with van der Waals surface area (Å²) in [5.41, 5.74) is 1.93. The molecule has 0 aliphatic rings. The van der Waals surface area contributed by atoms with E-state index in [0.29, 0.717) is 53.8 Å². The van der Waals surface area contributed by atoms with Crippen LogP contribution in [0.1, 0.15) is 35.7 Å². The van der Waals surface area contributed by atoms with Gasteiger partial charge in [-0.25, -0.2) is 0 Å². The summed E-state index contributed by atoms with van der Waals surface area (Å²) in [7, 11) is 0. The first-order chi connectivity index (χ1) is 16.4. The van der Waals surface area contributed by atoms with E-state index in [1.54, 1.807) is 42.5 Å². The van der Waals surface area contributed by atoms with Gasteiger partial charge in [-0.05, 0) is 54.4 Å². The Balaban J connectivity index is 1.40. The molecule has 0 fully saturated rings. The van der Waals surface area contributed by atoms with Crippen LogP contribution in [0, 0.1) is 0 Å². The zero-order valence-electron chi connectivity index (χ0n) is 18.7. The lowest BCUT2D eigenvalue weighted by Gasteiger charge is -2.09. The van der Waals surface area contributed by atoms with Crippen molar-refractivity contribution in [1.82, 2.24) is 5.32 Å². The summed E-state index contributed by atoms with van der Waals surface area (Å²) >= 11 is 6.04. The second-order valence-corrected chi connectivity index (χ2v) is 7.84. The molecule has 3 rings (SSSR count). The zero-order chi connectivity index (χ0) is 24.3. The number of nitrogens with one attached hydrogen (secondary N) is 2. The number of carbonyl (C=O) groups is 3. The van der Waals surface area contributed by atoms with E-state index in [0.717, 1.165) is 5.56 Å². The van der Waals surface area contributed by atoms with Gasteiger partial charge in [0.25, 0.3) is 5.91 Å². The quantitative estimate of drug-likeness (QED) is 0.242. The molecule has 0 radical (unpaired) electrons. The molecule has 2 N–H and O–H groups in total. The molecule has 0 unspecified atom stereocenters. The maximum absolute atomic E-state index is 12.4. The van der Waals surface area contributed by atoms with Crippen LogP contribution in [0.15, 0.2) is 72.8 Å². The minimum atomic E-state index is -0.449. The molecule has 0 saturated heterocycles. The van der Waals surface area contributed by atoms with Crippen LogP contribution in [0.4, 0.5) is 5.69 Å². The lowest BCUT2D eigenvalue weighted by atomic mass is 10.1. The number of carbonyl (C=O) groups excluding carboxylic acids is 3.